The number of carboxylic acid groups (broad SMARTS) is 1. The van der Waals surface area contributed by atoms with Crippen LogP contribution in [0.5, 0.6) is 0 Å². The summed E-state index contributed by atoms with van der Waals surface area (Å²) in [5.41, 5.74) is -0.257. The van der Waals surface area contributed by atoms with Gasteiger partial charge in [0.15, 0.2) is 12.6 Å². The predicted molar refractivity (Wildman–Crippen MR) is 163 cm³/mol. The van der Waals surface area contributed by atoms with Gasteiger partial charge in [0.05, 0.1) is 67.5 Å². The molecule has 53 heavy (non-hydrogen) atoms. The second-order valence-electron chi connectivity index (χ2n) is 13.4. The normalized spacial score (nSPS) is 45.0. The summed E-state index contributed by atoms with van der Waals surface area (Å²) >= 11 is 0. The van der Waals surface area contributed by atoms with E-state index in [-0.39, 0.29) is 22.3 Å². The molecule has 0 radical (unpaired) electrons. The second-order valence-corrected chi connectivity index (χ2v) is 13.4. The molecule has 4 aliphatic heterocycles. The van der Waals surface area contributed by atoms with Crippen molar-refractivity contribution < 1.29 is 104 Å². The molecule has 6 aliphatic rings. The van der Waals surface area contributed by atoms with Crippen molar-refractivity contribution in [2.24, 2.45) is 23.7 Å². The standard InChI is InChI=1S/C32H42O21/c33-3-9-1-13(36)19-11(27(44)45)6-48-29(17(9)19)53-32-26(43)24(41)22(39)16(51-32)8-47-28(46)12-7-49-30(18-10(4-34)2-14(37)20(12)18)52-31-25(42)23(40)21(38)15(5-35)50-31/h1-2,6-7,13-26,29-43H,3-5,8H2,(H,44,45)/t13-,14-,15+,16+,17+,18+,19-,20-,21+,22+,23-,24-,25+,26+,29-,30-,31-,32-/m0/s1. The maximum absolute atomic E-state index is 13.4. The number of carboxylic acids is 1. The van der Waals surface area contributed by atoms with Crippen LogP contribution >= 0.6 is 0 Å². The molecular weight excluding hydrogens is 720 g/mol. The van der Waals surface area contributed by atoms with Gasteiger partial charge in [-0.1, -0.05) is 12.2 Å². The van der Waals surface area contributed by atoms with Crippen molar-refractivity contribution in [3.8, 4) is 0 Å². The maximum atomic E-state index is 13.4. The smallest absolute Gasteiger partial charge is 0.337 e. The van der Waals surface area contributed by atoms with Crippen molar-refractivity contribution in [1.82, 2.24) is 0 Å². The molecule has 18 atom stereocenters. The fourth-order valence-corrected chi connectivity index (χ4v) is 7.58. The first kappa shape index (κ1) is 39.6. The van der Waals surface area contributed by atoms with E-state index in [0.29, 0.717) is 0 Å². The Morgan fingerprint density at radius 2 is 1.04 bits per heavy atom. The largest absolute Gasteiger partial charge is 0.478 e. The average Bonchev–Trinajstić information content (AvgIpc) is 3.67. The topological polar surface area (TPSA) is 342 Å². The molecule has 0 aromatic carbocycles. The van der Waals surface area contributed by atoms with Gasteiger partial charge in [0.1, 0.15) is 55.4 Å². The van der Waals surface area contributed by atoms with Crippen molar-refractivity contribution in [3.63, 3.8) is 0 Å². The molecular formula is C32H42O21. The molecule has 12 N–H and O–H groups in total. The van der Waals surface area contributed by atoms with Crippen LogP contribution in [0, 0.1) is 23.7 Å². The average molecular weight is 763 g/mol. The highest BCUT2D eigenvalue weighted by molar-refractivity contribution is 5.89. The number of carbonyl (C=O) groups is 2. The molecule has 0 aromatic rings. The Hall–Kier alpha value is -3.10. The van der Waals surface area contributed by atoms with E-state index in [4.69, 9.17) is 33.2 Å². The Balaban J connectivity index is 1.14. The van der Waals surface area contributed by atoms with Crippen LogP contribution in [0.4, 0.5) is 0 Å². The molecule has 2 saturated heterocycles. The van der Waals surface area contributed by atoms with Gasteiger partial charge in [-0.3, -0.25) is 0 Å². The monoisotopic (exact) mass is 762 g/mol. The summed E-state index contributed by atoms with van der Waals surface area (Å²) < 4.78 is 38.9. The number of hydrogen-bond acceptors (Lipinski definition) is 20. The van der Waals surface area contributed by atoms with Crippen molar-refractivity contribution in [3.05, 3.63) is 47.0 Å². The lowest BCUT2D eigenvalue weighted by molar-refractivity contribution is -0.341. The summed E-state index contributed by atoms with van der Waals surface area (Å²) in [5.74, 6) is -6.95. The molecule has 2 aliphatic carbocycles. The predicted octanol–water partition coefficient (Wildman–Crippen LogP) is -6.21. The second kappa shape index (κ2) is 15.9. The lowest BCUT2D eigenvalue weighted by atomic mass is 9.82. The van der Waals surface area contributed by atoms with E-state index in [1.165, 1.54) is 12.2 Å². The Kier molecular flexibility index (Phi) is 11.9. The van der Waals surface area contributed by atoms with Gasteiger partial charge < -0.3 is 94.4 Å². The lowest BCUT2D eigenvalue weighted by Crippen LogP contribution is -2.60. The highest BCUT2D eigenvalue weighted by atomic mass is 16.8. The molecule has 0 saturated carbocycles. The molecule has 0 aromatic heterocycles. The Morgan fingerprint density at radius 3 is 1.51 bits per heavy atom. The summed E-state index contributed by atoms with van der Waals surface area (Å²) in [6.07, 6.45) is -18.7. The third kappa shape index (κ3) is 7.24. The molecule has 21 nitrogen and oxygen atoms in total. The summed E-state index contributed by atoms with van der Waals surface area (Å²) in [6, 6.07) is 0. The summed E-state index contributed by atoms with van der Waals surface area (Å²) in [6.45, 7) is -2.75. The number of carbonyl (C=O) groups excluding carboxylic acids is 1. The summed E-state index contributed by atoms with van der Waals surface area (Å²) in [7, 11) is 0. The van der Waals surface area contributed by atoms with Gasteiger partial charge >= 0.3 is 11.9 Å². The minimum atomic E-state index is -1.93. The molecule has 0 spiro atoms. The van der Waals surface area contributed by atoms with E-state index in [0.717, 1.165) is 12.5 Å². The summed E-state index contributed by atoms with van der Waals surface area (Å²) in [5, 5.41) is 123. The van der Waals surface area contributed by atoms with Crippen molar-refractivity contribution >= 4 is 11.9 Å². The highest BCUT2D eigenvalue weighted by Crippen LogP contribution is 2.46. The number of ether oxygens (including phenoxy) is 7. The zero-order valence-electron chi connectivity index (χ0n) is 27.6. The first-order chi connectivity index (χ1) is 25.2. The number of esters is 1. The van der Waals surface area contributed by atoms with Crippen LogP contribution in [0.1, 0.15) is 0 Å². The SMILES string of the molecule is O=C(O)C1=CO[C@@H](O[C@@H]2O[C@H](COC(=O)C3=CO[C@@H](O[C@@H]4O[C@H](CO)[C@@H](O)[C@H](O)[C@H]4O)[C@@H]4C(CO)=C[C@H](O)[C@H]34)[C@@H](O)[C@H](O)[C@H]2O)[C@@H]2C(CO)=C[C@H](O)[C@H]12. The lowest BCUT2D eigenvalue weighted by Gasteiger charge is -2.43. The molecule has 0 unspecified atom stereocenters. The fourth-order valence-electron chi connectivity index (χ4n) is 7.58. The van der Waals surface area contributed by atoms with Gasteiger partial charge in [-0.25, -0.2) is 9.59 Å². The Bertz CT molecular complexity index is 1490. The third-order valence-corrected chi connectivity index (χ3v) is 10.4. The first-order valence-corrected chi connectivity index (χ1v) is 16.6. The van der Waals surface area contributed by atoms with E-state index in [9.17, 15) is 70.9 Å². The number of hydrogen-bond donors (Lipinski definition) is 12. The van der Waals surface area contributed by atoms with Gasteiger partial charge in [-0.05, 0) is 11.1 Å². The van der Waals surface area contributed by atoms with Crippen LogP contribution in [0.25, 0.3) is 0 Å². The van der Waals surface area contributed by atoms with Crippen LogP contribution in [-0.2, 0) is 42.7 Å². The van der Waals surface area contributed by atoms with Crippen LogP contribution in [-0.4, -0.2) is 186 Å². The number of aliphatic hydroxyl groups excluding tert-OH is 11. The van der Waals surface area contributed by atoms with E-state index in [1.54, 1.807) is 0 Å². The quantitative estimate of drug-likeness (QED) is 0.0688. The number of fused-ring (bicyclic) bond motifs is 2. The van der Waals surface area contributed by atoms with E-state index in [2.05, 4.69) is 0 Å². The van der Waals surface area contributed by atoms with Crippen molar-refractivity contribution in [1.29, 1.82) is 0 Å². The zero-order valence-corrected chi connectivity index (χ0v) is 27.6. The molecule has 2 fully saturated rings. The van der Waals surface area contributed by atoms with Gasteiger partial charge in [0.25, 0.3) is 0 Å². The number of aliphatic hydroxyl groups is 11. The number of aliphatic carboxylic acids is 1. The Labute approximate surface area is 299 Å². The molecule has 21 heteroatoms. The van der Waals surface area contributed by atoms with Crippen molar-refractivity contribution in [2.45, 2.75) is 86.2 Å². The van der Waals surface area contributed by atoms with E-state index < -0.39 is 148 Å². The zero-order chi connectivity index (χ0) is 38.5. The Morgan fingerprint density at radius 1 is 0.585 bits per heavy atom. The summed E-state index contributed by atoms with van der Waals surface area (Å²) in [4.78, 5) is 25.2. The van der Waals surface area contributed by atoms with Gasteiger partial charge in [0, 0.05) is 11.8 Å². The van der Waals surface area contributed by atoms with Gasteiger partial charge in [-0.2, -0.15) is 0 Å². The van der Waals surface area contributed by atoms with E-state index in [1.807, 2.05) is 0 Å². The van der Waals surface area contributed by atoms with Crippen molar-refractivity contribution in [2.75, 3.05) is 26.4 Å². The van der Waals surface area contributed by atoms with Crippen LogP contribution < -0.4 is 0 Å². The minimum Gasteiger partial charge on any atom is -0.478 e. The maximum Gasteiger partial charge on any atom is 0.337 e. The molecule has 6 rings (SSSR count). The molecule has 296 valence electrons. The molecule has 0 amide bonds. The molecule has 0 bridgehead atoms. The van der Waals surface area contributed by atoms with Gasteiger partial charge in [0.2, 0.25) is 12.6 Å². The molecule has 4 heterocycles. The van der Waals surface area contributed by atoms with Crippen LogP contribution in [0.15, 0.2) is 47.0 Å². The number of rotatable bonds is 11. The first-order valence-electron chi connectivity index (χ1n) is 16.6. The van der Waals surface area contributed by atoms with Gasteiger partial charge in [-0.15, -0.1) is 0 Å². The van der Waals surface area contributed by atoms with Crippen LogP contribution in [0.3, 0.4) is 0 Å². The third-order valence-electron chi connectivity index (χ3n) is 10.4. The van der Waals surface area contributed by atoms with E-state index >= 15 is 0 Å². The fraction of sp³-hybridized carbons (Fsp3) is 0.688. The minimum absolute atomic E-state index is 0.158. The van der Waals surface area contributed by atoms with Crippen LogP contribution in [0.2, 0.25) is 0 Å². The highest BCUT2D eigenvalue weighted by Gasteiger charge is 2.54.